The van der Waals surface area contributed by atoms with Crippen molar-refractivity contribution in [3.63, 3.8) is 0 Å². The Morgan fingerprint density at radius 3 is 2.67 bits per heavy atom. The van der Waals surface area contributed by atoms with Crippen LogP contribution in [0.5, 0.6) is 0 Å². The van der Waals surface area contributed by atoms with Crippen molar-refractivity contribution in [2.45, 2.75) is 31.9 Å². The fraction of sp³-hybridized carbons (Fsp3) is 0.625. The molecule has 4 nitrogen and oxygen atoms in total. The van der Waals surface area contributed by atoms with Gasteiger partial charge in [0.1, 0.15) is 12.0 Å². The summed E-state index contributed by atoms with van der Waals surface area (Å²) in [6.07, 6.45) is 4.48. The lowest BCUT2D eigenvalue weighted by Crippen LogP contribution is -2.48. The fourth-order valence-electron chi connectivity index (χ4n) is 3.90. The monoisotopic (exact) mass is 289 g/mol. The van der Waals surface area contributed by atoms with Gasteiger partial charge in [-0.15, -0.1) is 0 Å². The van der Waals surface area contributed by atoms with Crippen LogP contribution in [0.15, 0.2) is 12.1 Å². The fourth-order valence-corrected chi connectivity index (χ4v) is 3.90. The van der Waals surface area contributed by atoms with E-state index in [0.717, 1.165) is 51.0 Å². The highest BCUT2D eigenvalue weighted by molar-refractivity contribution is 5.48. The molecular formula is C16H20FN3O. The van der Waals surface area contributed by atoms with E-state index in [2.05, 4.69) is 6.07 Å². The normalized spacial score (nSPS) is 24.0. The maximum Gasteiger partial charge on any atom is 0.209 e. The van der Waals surface area contributed by atoms with Gasteiger partial charge < -0.3 is 9.80 Å². The van der Waals surface area contributed by atoms with Gasteiger partial charge in [-0.05, 0) is 42.7 Å². The first-order chi connectivity index (χ1) is 10.2. The SMILES string of the molecule is O=CN1CCC2(CC1)Cc1ccc(N3CC(F)C3)nc1C2. The Labute approximate surface area is 123 Å². The molecule has 3 aliphatic rings. The van der Waals surface area contributed by atoms with Gasteiger partial charge in [-0.25, -0.2) is 9.37 Å². The maximum absolute atomic E-state index is 13.0. The molecule has 0 aromatic carbocycles. The van der Waals surface area contributed by atoms with E-state index < -0.39 is 6.17 Å². The standard InChI is InChI=1S/C16H20FN3O/c17-13-9-20(10-13)15-2-1-12-7-16(8-14(12)18-15)3-5-19(11-21)6-4-16/h1-2,11,13H,3-10H2. The Morgan fingerprint density at radius 1 is 1.24 bits per heavy atom. The van der Waals surface area contributed by atoms with Crippen molar-refractivity contribution in [2.24, 2.45) is 5.41 Å². The number of hydrogen-bond acceptors (Lipinski definition) is 3. The number of likely N-dealkylation sites (tertiary alicyclic amines) is 1. The molecule has 0 N–H and O–H groups in total. The van der Waals surface area contributed by atoms with Crippen LogP contribution in [0.4, 0.5) is 10.2 Å². The summed E-state index contributed by atoms with van der Waals surface area (Å²) < 4.78 is 13.0. The number of piperidine rings is 1. The summed E-state index contributed by atoms with van der Waals surface area (Å²) in [4.78, 5) is 19.5. The number of pyridine rings is 1. The van der Waals surface area contributed by atoms with Gasteiger partial charge in [0.05, 0.1) is 13.1 Å². The number of aromatic nitrogens is 1. The molecule has 1 spiro atoms. The number of amides is 1. The van der Waals surface area contributed by atoms with Crippen molar-refractivity contribution in [1.82, 2.24) is 9.88 Å². The molecule has 5 heteroatoms. The van der Waals surface area contributed by atoms with Crippen molar-refractivity contribution in [3.05, 3.63) is 23.4 Å². The molecule has 1 amide bonds. The van der Waals surface area contributed by atoms with E-state index in [4.69, 9.17) is 4.98 Å². The Kier molecular flexibility index (Phi) is 2.91. The molecule has 21 heavy (non-hydrogen) atoms. The molecule has 0 bridgehead atoms. The molecule has 3 heterocycles. The minimum absolute atomic E-state index is 0.297. The van der Waals surface area contributed by atoms with E-state index in [-0.39, 0.29) is 0 Å². The Hall–Kier alpha value is -1.65. The minimum Gasteiger partial charge on any atom is -0.351 e. The van der Waals surface area contributed by atoms with Crippen LogP contribution in [-0.2, 0) is 17.6 Å². The zero-order valence-corrected chi connectivity index (χ0v) is 12.1. The second-order valence-electron chi connectivity index (χ2n) is 6.77. The molecule has 2 fully saturated rings. The molecule has 2 aliphatic heterocycles. The van der Waals surface area contributed by atoms with Crippen LogP contribution < -0.4 is 4.90 Å². The van der Waals surface area contributed by atoms with Gasteiger partial charge in [0.25, 0.3) is 0 Å². The molecule has 0 radical (unpaired) electrons. The van der Waals surface area contributed by atoms with E-state index in [1.807, 2.05) is 15.9 Å². The number of rotatable bonds is 2. The summed E-state index contributed by atoms with van der Waals surface area (Å²) in [7, 11) is 0. The third-order valence-electron chi connectivity index (χ3n) is 5.33. The van der Waals surface area contributed by atoms with Gasteiger partial charge >= 0.3 is 0 Å². The molecule has 0 unspecified atom stereocenters. The van der Waals surface area contributed by atoms with Crippen molar-refractivity contribution < 1.29 is 9.18 Å². The summed E-state index contributed by atoms with van der Waals surface area (Å²) in [5.41, 5.74) is 2.83. The van der Waals surface area contributed by atoms with Crippen molar-refractivity contribution in [1.29, 1.82) is 0 Å². The van der Waals surface area contributed by atoms with Gasteiger partial charge in [0.15, 0.2) is 0 Å². The lowest BCUT2D eigenvalue weighted by molar-refractivity contribution is -0.120. The average Bonchev–Trinajstić information content (AvgIpc) is 2.81. The van der Waals surface area contributed by atoms with Gasteiger partial charge in [-0.2, -0.15) is 0 Å². The lowest BCUT2D eigenvalue weighted by Gasteiger charge is -2.37. The largest absolute Gasteiger partial charge is 0.351 e. The van der Waals surface area contributed by atoms with Crippen LogP contribution in [0.2, 0.25) is 0 Å². The summed E-state index contributed by atoms with van der Waals surface area (Å²) >= 11 is 0. The Balaban J connectivity index is 1.50. The predicted molar refractivity (Wildman–Crippen MR) is 78.1 cm³/mol. The third kappa shape index (κ3) is 2.19. The van der Waals surface area contributed by atoms with Crippen LogP contribution >= 0.6 is 0 Å². The number of hydrogen-bond donors (Lipinski definition) is 0. The summed E-state index contributed by atoms with van der Waals surface area (Å²) in [5.74, 6) is 0.921. The first-order valence-corrected chi connectivity index (χ1v) is 7.75. The molecule has 0 atom stereocenters. The number of nitrogens with zero attached hydrogens (tertiary/aromatic N) is 3. The molecule has 4 rings (SSSR count). The highest BCUT2D eigenvalue weighted by atomic mass is 19.1. The summed E-state index contributed by atoms with van der Waals surface area (Å²) in [6, 6.07) is 4.20. The third-order valence-corrected chi connectivity index (χ3v) is 5.33. The highest BCUT2D eigenvalue weighted by Gasteiger charge is 2.41. The second-order valence-corrected chi connectivity index (χ2v) is 6.77. The van der Waals surface area contributed by atoms with Gasteiger partial charge in [0.2, 0.25) is 6.41 Å². The van der Waals surface area contributed by atoms with Gasteiger partial charge in [-0.1, -0.05) is 6.07 Å². The smallest absolute Gasteiger partial charge is 0.209 e. The van der Waals surface area contributed by atoms with E-state index in [1.165, 1.54) is 11.3 Å². The molecular weight excluding hydrogens is 269 g/mol. The maximum atomic E-state index is 13.0. The zero-order chi connectivity index (χ0) is 14.4. The molecule has 2 saturated heterocycles. The van der Waals surface area contributed by atoms with Gasteiger partial charge in [0, 0.05) is 18.8 Å². The first kappa shape index (κ1) is 13.0. The van der Waals surface area contributed by atoms with Crippen molar-refractivity contribution >= 4 is 12.2 Å². The Morgan fingerprint density at radius 2 is 2.00 bits per heavy atom. The number of anilines is 1. The van der Waals surface area contributed by atoms with Crippen LogP contribution in [0.3, 0.4) is 0 Å². The average molecular weight is 289 g/mol. The number of halogens is 1. The van der Waals surface area contributed by atoms with Crippen LogP contribution in [0, 0.1) is 5.41 Å². The highest BCUT2D eigenvalue weighted by Crippen LogP contribution is 2.44. The number of carbonyl (C=O) groups is 1. The topological polar surface area (TPSA) is 36.4 Å². The van der Waals surface area contributed by atoms with Crippen LogP contribution in [-0.4, -0.2) is 48.6 Å². The van der Waals surface area contributed by atoms with Gasteiger partial charge in [-0.3, -0.25) is 4.79 Å². The number of fused-ring (bicyclic) bond motifs is 1. The quantitative estimate of drug-likeness (QED) is 0.776. The summed E-state index contributed by atoms with van der Waals surface area (Å²) in [5, 5.41) is 0. The molecule has 1 aliphatic carbocycles. The second kappa shape index (κ2) is 4.68. The van der Waals surface area contributed by atoms with E-state index >= 15 is 0 Å². The summed E-state index contributed by atoms with van der Waals surface area (Å²) in [6.45, 7) is 2.68. The zero-order valence-electron chi connectivity index (χ0n) is 12.1. The number of carbonyl (C=O) groups excluding carboxylic acids is 1. The van der Waals surface area contributed by atoms with E-state index in [9.17, 15) is 9.18 Å². The Bertz CT molecular complexity index is 563. The molecule has 112 valence electrons. The van der Waals surface area contributed by atoms with Crippen LogP contribution in [0.1, 0.15) is 24.1 Å². The molecule has 1 aromatic heterocycles. The van der Waals surface area contributed by atoms with Crippen LogP contribution in [0.25, 0.3) is 0 Å². The van der Waals surface area contributed by atoms with Crippen molar-refractivity contribution in [3.8, 4) is 0 Å². The lowest BCUT2D eigenvalue weighted by atomic mass is 9.76. The van der Waals surface area contributed by atoms with E-state index in [0.29, 0.717) is 18.5 Å². The molecule has 1 aromatic rings. The van der Waals surface area contributed by atoms with Crippen molar-refractivity contribution in [2.75, 3.05) is 31.1 Å². The predicted octanol–water partition coefficient (Wildman–Crippen LogP) is 1.58. The molecule has 0 saturated carbocycles. The van der Waals surface area contributed by atoms with E-state index in [1.54, 1.807) is 0 Å². The first-order valence-electron chi connectivity index (χ1n) is 7.75. The minimum atomic E-state index is -0.695. The number of alkyl halides is 1.